The van der Waals surface area contributed by atoms with E-state index in [1.165, 1.54) is 0 Å². The molecule has 19 heavy (non-hydrogen) atoms. The first-order valence-electron chi connectivity index (χ1n) is 5.51. The van der Waals surface area contributed by atoms with E-state index < -0.39 is 6.03 Å². The number of ether oxygens (including phenoxy) is 1. The molecule has 2 aromatic rings. The van der Waals surface area contributed by atoms with E-state index >= 15 is 0 Å². The van der Waals surface area contributed by atoms with Crippen molar-refractivity contribution in [2.45, 2.75) is 0 Å². The van der Waals surface area contributed by atoms with Crippen LogP contribution in [0.3, 0.4) is 0 Å². The molecule has 0 radical (unpaired) electrons. The van der Waals surface area contributed by atoms with E-state index in [4.69, 9.17) is 16.3 Å². The first-order chi connectivity index (χ1) is 9.19. The number of halogens is 1. The van der Waals surface area contributed by atoms with Crippen LogP contribution in [0.1, 0.15) is 0 Å². The molecule has 0 spiro atoms. The Hall–Kier alpha value is -2.27. The molecule has 2 amide bonds. The Morgan fingerprint density at radius 1 is 1.26 bits per heavy atom. The number of hydrogen-bond acceptors (Lipinski definition) is 3. The van der Waals surface area contributed by atoms with Crippen LogP contribution in [0.2, 0.25) is 5.15 Å². The second kappa shape index (κ2) is 6.06. The first kappa shape index (κ1) is 13.2. The molecule has 2 rings (SSSR count). The van der Waals surface area contributed by atoms with E-state index in [9.17, 15) is 4.79 Å². The molecule has 0 bridgehead atoms. The summed E-state index contributed by atoms with van der Waals surface area (Å²) in [7, 11) is 1.56. The summed E-state index contributed by atoms with van der Waals surface area (Å²) in [4.78, 5) is 15.7. The summed E-state index contributed by atoms with van der Waals surface area (Å²) in [6.07, 6.45) is 1.55. The second-order valence-electron chi connectivity index (χ2n) is 3.65. The maximum Gasteiger partial charge on any atom is 0.323 e. The smallest absolute Gasteiger partial charge is 0.323 e. The predicted molar refractivity (Wildman–Crippen MR) is 74.9 cm³/mol. The number of carbonyl (C=O) groups is 1. The number of amides is 2. The number of urea groups is 1. The third-order valence-electron chi connectivity index (χ3n) is 2.33. The lowest BCUT2D eigenvalue weighted by atomic mass is 10.3. The molecule has 0 aliphatic heterocycles. The van der Waals surface area contributed by atoms with Crippen molar-refractivity contribution in [3.05, 3.63) is 47.7 Å². The van der Waals surface area contributed by atoms with Gasteiger partial charge in [-0.15, -0.1) is 0 Å². The molecule has 0 saturated heterocycles. The molecular formula is C13H12ClN3O2. The minimum atomic E-state index is -0.400. The predicted octanol–water partition coefficient (Wildman–Crippen LogP) is 3.39. The number of nitrogens with one attached hydrogen (secondary N) is 2. The quantitative estimate of drug-likeness (QED) is 0.845. The van der Waals surface area contributed by atoms with Gasteiger partial charge >= 0.3 is 6.03 Å². The zero-order valence-corrected chi connectivity index (χ0v) is 10.9. The number of hydrogen-bond donors (Lipinski definition) is 2. The van der Waals surface area contributed by atoms with Crippen molar-refractivity contribution >= 4 is 29.0 Å². The Kier molecular flexibility index (Phi) is 4.20. The van der Waals surface area contributed by atoms with Gasteiger partial charge in [0.15, 0.2) is 5.15 Å². The molecule has 98 valence electrons. The fraction of sp³-hybridized carbons (Fsp3) is 0.0769. The normalized spacial score (nSPS) is 9.79. The fourth-order valence-electron chi connectivity index (χ4n) is 1.46. The van der Waals surface area contributed by atoms with Crippen LogP contribution >= 0.6 is 11.6 Å². The van der Waals surface area contributed by atoms with Crippen LogP contribution in [0.25, 0.3) is 0 Å². The van der Waals surface area contributed by atoms with Crippen molar-refractivity contribution in [2.24, 2.45) is 0 Å². The molecule has 1 aromatic carbocycles. The average Bonchev–Trinajstić information content (AvgIpc) is 2.41. The van der Waals surface area contributed by atoms with Gasteiger partial charge < -0.3 is 15.4 Å². The maximum absolute atomic E-state index is 11.8. The summed E-state index contributed by atoms with van der Waals surface area (Å²) in [5.41, 5.74) is 1.07. The average molecular weight is 278 g/mol. The van der Waals surface area contributed by atoms with Crippen molar-refractivity contribution < 1.29 is 9.53 Å². The highest BCUT2D eigenvalue weighted by Crippen LogP contribution is 2.19. The van der Waals surface area contributed by atoms with Gasteiger partial charge in [0, 0.05) is 18.0 Å². The van der Waals surface area contributed by atoms with Crippen molar-refractivity contribution in [1.82, 2.24) is 4.98 Å². The Morgan fingerprint density at radius 3 is 2.84 bits per heavy atom. The van der Waals surface area contributed by atoms with Gasteiger partial charge in [0.05, 0.1) is 12.8 Å². The van der Waals surface area contributed by atoms with E-state index in [2.05, 4.69) is 15.6 Å². The van der Waals surface area contributed by atoms with Gasteiger partial charge in [0.2, 0.25) is 0 Å². The monoisotopic (exact) mass is 277 g/mol. The highest BCUT2D eigenvalue weighted by Gasteiger charge is 2.06. The topological polar surface area (TPSA) is 63.2 Å². The number of rotatable bonds is 3. The van der Waals surface area contributed by atoms with Crippen LogP contribution in [-0.2, 0) is 0 Å². The third kappa shape index (κ3) is 3.59. The lowest BCUT2D eigenvalue weighted by Gasteiger charge is -2.09. The minimum Gasteiger partial charge on any atom is -0.497 e. The summed E-state index contributed by atoms with van der Waals surface area (Å²) in [5, 5.41) is 5.53. The summed E-state index contributed by atoms with van der Waals surface area (Å²) in [5.74, 6) is 0.664. The Bertz CT molecular complexity index is 590. The number of pyridine rings is 1. The van der Waals surface area contributed by atoms with E-state index in [1.54, 1.807) is 49.7 Å². The van der Waals surface area contributed by atoms with Gasteiger partial charge in [-0.2, -0.15) is 0 Å². The van der Waals surface area contributed by atoms with Crippen molar-refractivity contribution in [3.8, 4) is 5.75 Å². The molecule has 0 aliphatic rings. The molecular weight excluding hydrogens is 266 g/mol. The van der Waals surface area contributed by atoms with Gasteiger partial charge in [-0.3, -0.25) is 0 Å². The molecule has 0 aliphatic carbocycles. The Morgan fingerprint density at radius 2 is 2.11 bits per heavy atom. The maximum atomic E-state index is 11.8. The summed E-state index contributed by atoms with van der Waals surface area (Å²) < 4.78 is 5.07. The molecule has 6 heteroatoms. The van der Waals surface area contributed by atoms with Gasteiger partial charge in [-0.05, 0) is 24.3 Å². The molecule has 5 nitrogen and oxygen atoms in total. The molecule has 0 unspecified atom stereocenters. The minimum absolute atomic E-state index is 0.239. The lowest BCUT2D eigenvalue weighted by molar-refractivity contribution is 0.262. The lowest BCUT2D eigenvalue weighted by Crippen LogP contribution is -2.19. The third-order valence-corrected chi connectivity index (χ3v) is 2.64. The molecule has 0 atom stereocenters. The van der Waals surface area contributed by atoms with E-state index in [1.807, 2.05) is 0 Å². The summed E-state index contributed by atoms with van der Waals surface area (Å²) in [6.45, 7) is 0. The second-order valence-corrected chi connectivity index (χ2v) is 4.01. The number of carbonyl (C=O) groups excluding carboxylic acids is 1. The van der Waals surface area contributed by atoms with Crippen molar-refractivity contribution in [3.63, 3.8) is 0 Å². The van der Waals surface area contributed by atoms with E-state index in [0.29, 0.717) is 17.1 Å². The number of benzene rings is 1. The highest BCUT2D eigenvalue weighted by atomic mass is 35.5. The number of methoxy groups -OCH3 is 1. The molecule has 2 N–H and O–H groups in total. The summed E-state index contributed by atoms with van der Waals surface area (Å²) >= 11 is 5.85. The van der Waals surface area contributed by atoms with Crippen molar-refractivity contribution in [2.75, 3.05) is 17.7 Å². The standard InChI is InChI=1S/C13H12ClN3O2/c1-19-10-5-2-4-9(8-10)16-13(18)17-11-6-3-7-15-12(11)14/h2-8H,1H3,(H2,16,17,18). The van der Waals surface area contributed by atoms with E-state index in [0.717, 1.165) is 0 Å². The number of aromatic nitrogens is 1. The number of nitrogens with zero attached hydrogens (tertiary/aromatic N) is 1. The van der Waals surface area contributed by atoms with E-state index in [-0.39, 0.29) is 5.15 Å². The zero-order chi connectivity index (χ0) is 13.7. The summed E-state index contributed by atoms with van der Waals surface area (Å²) in [6, 6.07) is 10.0. The van der Waals surface area contributed by atoms with Crippen LogP contribution < -0.4 is 15.4 Å². The van der Waals surface area contributed by atoms with Gasteiger partial charge in [-0.1, -0.05) is 17.7 Å². The molecule has 1 aromatic heterocycles. The zero-order valence-electron chi connectivity index (χ0n) is 10.2. The van der Waals surface area contributed by atoms with Crippen LogP contribution in [0, 0.1) is 0 Å². The highest BCUT2D eigenvalue weighted by molar-refractivity contribution is 6.32. The SMILES string of the molecule is COc1cccc(NC(=O)Nc2cccnc2Cl)c1. The van der Waals surface area contributed by atoms with Gasteiger partial charge in [0.1, 0.15) is 5.75 Å². The fourth-order valence-corrected chi connectivity index (χ4v) is 1.63. The Balaban J connectivity index is 2.03. The van der Waals surface area contributed by atoms with Crippen LogP contribution in [0.4, 0.5) is 16.2 Å². The van der Waals surface area contributed by atoms with Crippen LogP contribution in [-0.4, -0.2) is 18.1 Å². The van der Waals surface area contributed by atoms with Crippen molar-refractivity contribution in [1.29, 1.82) is 0 Å². The molecule has 0 fully saturated rings. The van der Waals surface area contributed by atoms with Gasteiger partial charge in [-0.25, -0.2) is 9.78 Å². The molecule has 1 heterocycles. The first-order valence-corrected chi connectivity index (χ1v) is 5.89. The Labute approximate surface area is 115 Å². The molecule has 0 saturated carbocycles. The van der Waals surface area contributed by atoms with Crippen LogP contribution in [0.15, 0.2) is 42.6 Å². The largest absolute Gasteiger partial charge is 0.497 e. The number of anilines is 2. The van der Waals surface area contributed by atoms with Gasteiger partial charge in [0.25, 0.3) is 0 Å². The van der Waals surface area contributed by atoms with Crippen LogP contribution in [0.5, 0.6) is 5.75 Å².